The quantitative estimate of drug-likeness (QED) is 0.223. The molecule has 4 bridgehead atoms. The molecular formula is C32H38N4O12. The standard InChI is InChI=1S/C32H38N4O12/c1-31(2,3)47-29(43)35(19(37)11-13-33-25(39)21-15-7-8-16(45-15)22(21)26(33)40)36(30(44)48-32(4,5)6)20(38)12-14-34-27(41)23-17-9-10-18(46-17)24(23)28(34)42/h7-10,15-18,21-24H,11-14H2,1-6H3. The minimum atomic E-state index is -1.40. The highest BCUT2D eigenvalue weighted by Crippen LogP contribution is 2.46. The molecule has 0 N–H and O–H groups in total. The second-order valence-electron chi connectivity index (χ2n) is 14.5. The fourth-order valence-electron chi connectivity index (χ4n) is 7.00. The van der Waals surface area contributed by atoms with Gasteiger partial charge in [0.05, 0.1) is 48.1 Å². The molecule has 6 aliphatic rings. The number of hydrogen-bond acceptors (Lipinski definition) is 12. The Hall–Kier alpha value is -4.44. The van der Waals surface area contributed by atoms with E-state index in [4.69, 9.17) is 18.9 Å². The highest BCUT2D eigenvalue weighted by atomic mass is 16.6. The van der Waals surface area contributed by atoms with Crippen LogP contribution < -0.4 is 0 Å². The summed E-state index contributed by atoms with van der Waals surface area (Å²) in [5.41, 5.74) is -2.38. The maximum atomic E-state index is 13.8. The van der Waals surface area contributed by atoms with Crippen molar-refractivity contribution in [3.63, 3.8) is 0 Å². The number of likely N-dealkylation sites (tertiary alicyclic amines) is 2. The minimum absolute atomic E-state index is 0.183. The molecule has 8 amide bonds. The fourth-order valence-corrected chi connectivity index (χ4v) is 7.00. The van der Waals surface area contributed by atoms with Crippen molar-refractivity contribution < 1.29 is 57.3 Å². The lowest BCUT2D eigenvalue weighted by Gasteiger charge is -2.34. The van der Waals surface area contributed by atoms with Crippen LogP contribution in [-0.4, -0.2) is 116 Å². The van der Waals surface area contributed by atoms with Crippen molar-refractivity contribution in [3.8, 4) is 0 Å². The van der Waals surface area contributed by atoms with Gasteiger partial charge in [0.2, 0.25) is 23.6 Å². The van der Waals surface area contributed by atoms with E-state index in [9.17, 15) is 38.4 Å². The van der Waals surface area contributed by atoms with Gasteiger partial charge in [0.25, 0.3) is 11.8 Å². The molecule has 4 saturated heterocycles. The molecule has 48 heavy (non-hydrogen) atoms. The molecule has 4 fully saturated rings. The van der Waals surface area contributed by atoms with Crippen molar-refractivity contribution in [2.45, 2.75) is 90.0 Å². The zero-order chi connectivity index (χ0) is 35.0. The first-order valence-electron chi connectivity index (χ1n) is 15.9. The molecule has 16 heteroatoms. The molecule has 8 atom stereocenters. The fraction of sp³-hybridized carbons (Fsp3) is 0.625. The van der Waals surface area contributed by atoms with E-state index in [-0.39, 0.29) is 10.0 Å². The van der Waals surface area contributed by atoms with E-state index in [0.29, 0.717) is 0 Å². The summed E-state index contributed by atoms with van der Waals surface area (Å²) in [5.74, 6) is -7.32. The van der Waals surface area contributed by atoms with Gasteiger partial charge in [-0.25, -0.2) is 9.59 Å². The van der Waals surface area contributed by atoms with Crippen LogP contribution in [0.5, 0.6) is 0 Å². The molecule has 0 spiro atoms. The van der Waals surface area contributed by atoms with E-state index in [0.717, 1.165) is 9.80 Å². The Morgan fingerprint density at radius 2 is 0.854 bits per heavy atom. The molecule has 0 radical (unpaired) electrons. The van der Waals surface area contributed by atoms with Gasteiger partial charge < -0.3 is 18.9 Å². The van der Waals surface area contributed by atoms with Crippen LogP contribution in [0.15, 0.2) is 24.3 Å². The van der Waals surface area contributed by atoms with Crippen LogP contribution in [0.3, 0.4) is 0 Å². The van der Waals surface area contributed by atoms with E-state index in [1.54, 1.807) is 24.3 Å². The Bertz CT molecular complexity index is 1380. The lowest BCUT2D eigenvalue weighted by molar-refractivity contribution is -0.160. The van der Waals surface area contributed by atoms with Gasteiger partial charge in [0, 0.05) is 25.9 Å². The Labute approximate surface area is 275 Å². The van der Waals surface area contributed by atoms with Crippen molar-refractivity contribution in [1.82, 2.24) is 19.8 Å². The third-order valence-corrected chi connectivity index (χ3v) is 8.91. The van der Waals surface area contributed by atoms with Crippen molar-refractivity contribution in [2.24, 2.45) is 23.7 Å². The SMILES string of the molecule is CC(C)(C)OC(=O)N(C(=O)CCN1C(=O)C2C3C=CC(O3)C2C1=O)N(C(=O)CCN1C(=O)C2C3C=CC(O3)C2C1=O)C(=O)OC(C)(C)C. The van der Waals surface area contributed by atoms with Gasteiger partial charge in [-0.1, -0.05) is 24.3 Å². The molecule has 6 aliphatic heterocycles. The predicted octanol–water partition coefficient (Wildman–Crippen LogP) is 1.09. The zero-order valence-electron chi connectivity index (χ0n) is 27.4. The first-order chi connectivity index (χ1) is 22.4. The lowest BCUT2D eigenvalue weighted by Crippen LogP contribution is -2.58. The smallest absolute Gasteiger partial charge is 0.437 e. The summed E-state index contributed by atoms with van der Waals surface area (Å²) in [7, 11) is 0. The summed E-state index contributed by atoms with van der Waals surface area (Å²) in [6.07, 6.45) is 0.523. The maximum Gasteiger partial charge on any atom is 0.437 e. The molecule has 6 heterocycles. The average molecular weight is 671 g/mol. The second-order valence-corrected chi connectivity index (χ2v) is 14.5. The minimum Gasteiger partial charge on any atom is -0.442 e. The Morgan fingerprint density at radius 3 is 1.10 bits per heavy atom. The molecule has 0 saturated carbocycles. The molecule has 16 nitrogen and oxygen atoms in total. The number of imide groups is 4. The molecule has 0 aromatic heterocycles. The van der Waals surface area contributed by atoms with Gasteiger partial charge in [0.1, 0.15) is 11.2 Å². The molecule has 0 aromatic carbocycles. The van der Waals surface area contributed by atoms with Gasteiger partial charge >= 0.3 is 12.2 Å². The number of carbonyl (C=O) groups excluding carboxylic acids is 8. The topological polar surface area (TPSA) is 186 Å². The number of fused-ring (bicyclic) bond motifs is 10. The number of carbonyl (C=O) groups is 8. The monoisotopic (exact) mass is 670 g/mol. The molecule has 258 valence electrons. The first-order valence-corrected chi connectivity index (χ1v) is 15.9. The van der Waals surface area contributed by atoms with E-state index in [1.807, 2.05) is 0 Å². The Kier molecular flexibility index (Phi) is 8.10. The number of hydrogen-bond donors (Lipinski definition) is 0. The van der Waals surface area contributed by atoms with Crippen LogP contribution in [0.2, 0.25) is 0 Å². The summed E-state index contributed by atoms with van der Waals surface area (Å²) in [4.78, 5) is 109. The largest absolute Gasteiger partial charge is 0.442 e. The van der Waals surface area contributed by atoms with E-state index < -0.39 is 133 Å². The van der Waals surface area contributed by atoms with Gasteiger partial charge in [-0.3, -0.25) is 38.6 Å². The first kappa shape index (κ1) is 33.5. The molecular weight excluding hydrogens is 632 g/mol. The van der Waals surface area contributed by atoms with Gasteiger partial charge in [-0.05, 0) is 41.5 Å². The number of ether oxygens (including phenoxy) is 4. The summed E-state index contributed by atoms with van der Waals surface area (Å²) in [6, 6.07) is 0. The molecule has 8 unspecified atom stereocenters. The van der Waals surface area contributed by atoms with E-state index >= 15 is 0 Å². The summed E-state index contributed by atoms with van der Waals surface area (Å²) < 4.78 is 22.0. The number of hydrazine groups is 1. The van der Waals surface area contributed by atoms with Crippen LogP contribution in [0.1, 0.15) is 54.4 Å². The van der Waals surface area contributed by atoms with Gasteiger partial charge in [-0.2, -0.15) is 0 Å². The Balaban J connectivity index is 1.22. The predicted molar refractivity (Wildman–Crippen MR) is 158 cm³/mol. The average Bonchev–Trinajstić information content (AvgIpc) is 3.81. The van der Waals surface area contributed by atoms with Crippen molar-refractivity contribution >= 4 is 47.6 Å². The molecule has 0 aliphatic carbocycles. The van der Waals surface area contributed by atoms with Crippen molar-refractivity contribution in [1.29, 1.82) is 0 Å². The highest BCUT2D eigenvalue weighted by Gasteiger charge is 2.62. The highest BCUT2D eigenvalue weighted by molar-refractivity contribution is 6.08. The van der Waals surface area contributed by atoms with E-state index in [2.05, 4.69) is 0 Å². The third-order valence-electron chi connectivity index (χ3n) is 8.91. The second kappa shape index (κ2) is 11.6. The van der Waals surface area contributed by atoms with Crippen LogP contribution in [-0.2, 0) is 47.7 Å². The van der Waals surface area contributed by atoms with Crippen molar-refractivity contribution in [3.05, 3.63) is 24.3 Å². The molecule has 0 aromatic rings. The van der Waals surface area contributed by atoms with Crippen molar-refractivity contribution in [2.75, 3.05) is 13.1 Å². The summed E-state index contributed by atoms with van der Waals surface area (Å²) in [6.45, 7) is 8.13. The lowest BCUT2D eigenvalue weighted by atomic mass is 9.85. The summed E-state index contributed by atoms with van der Waals surface area (Å²) >= 11 is 0. The summed E-state index contributed by atoms with van der Waals surface area (Å²) in [5, 5.41) is 0.366. The number of rotatable bonds is 6. The van der Waals surface area contributed by atoms with Crippen LogP contribution in [0.4, 0.5) is 9.59 Å². The Morgan fingerprint density at radius 1 is 0.583 bits per heavy atom. The van der Waals surface area contributed by atoms with Crippen LogP contribution in [0, 0.1) is 23.7 Å². The van der Waals surface area contributed by atoms with Gasteiger partial charge in [0.15, 0.2) is 0 Å². The molecule has 6 rings (SSSR count). The van der Waals surface area contributed by atoms with Crippen LogP contribution in [0.25, 0.3) is 0 Å². The normalized spacial score (nSPS) is 31.1. The third kappa shape index (κ3) is 5.70. The number of amides is 8. The maximum absolute atomic E-state index is 13.8. The van der Waals surface area contributed by atoms with Gasteiger partial charge in [-0.15, -0.1) is 10.0 Å². The van der Waals surface area contributed by atoms with Crippen LogP contribution >= 0.6 is 0 Å². The zero-order valence-corrected chi connectivity index (χ0v) is 27.4. The van der Waals surface area contributed by atoms with E-state index in [1.165, 1.54) is 41.5 Å². The number of nitrogens with zero attached hydrogens (tertiary/aromatic N) is 4.